The SMILES string of the molecule is CC(C)(C)c1cc(NC(=O)COC(=O)CSc2ccc3c(c2)CCC3)on1. The number of fused-ring (bicyclic) bond motifs is 1. The van der Waals surface area contributed by atoms with Gasteiger partial charge in [-0.2, -0.15) is 0 Å². The number of thioether (sulfide) groups is 1. The second-order valence-corrected chi connectivity index (χ2v) is 8.66. The molecule has 27 heavy (non-hydrogen) atoms. The largest absolute Gasteiger partial charge is 0.455 e. The lowest BCUT2D eigenvalue weighted by Crippen LogP contribution is -2.21. The minimum absolute atomic E-state index is 0.169. The first-order chi connectivity index (χ1) is 12.8. The lowest BCUT2D eigenvalue weighted by molar-refractivity contribution is -0.144. The van der Waals surface area contributed by atoms with Gasteiger partial charge in [0.05, 0.1) is 11.4 Å². The molecule has 0 fully saturated rings. The Labute approximate surface area is 163 Å². The van der Waals surface area contributed by atoms with Crippen LogP contribution in [-0.4, -0.2) is 29.4 Å². The van der Waals surface area contributed by atoms with Gasteiger partial charge in [-0.05, 0) is 42.5 Å². The van der Waals surface area contributed by atoms with Gasteiger partial charge in [0.15, 0.2) is 6.61 Å². The van der Waals surface area contributed by atoms with E-state index in [0.717, 1.165) is 23.4 Å². The molecule has 7 heteroatoms. The van der Waals surface area contributed by atoms with Crippen molar-refractivity contribution in [1.29, 1.82) is 0 Å². The molecule has 3 rings (SSSR count). The Hall–Kier alpha value is -2.28. The van der Waals surface area contributed by atoms with Gasteiger partial charge >= 0.3 is 5.97 Å². The summed E-state index contributed by atoms with van der Waals surface area (Å²) in [5.41, 5.74) is 3.34. The number of rotatable bonds is 6. The first kappa shape index (κ1) is 19.5. The van der Waals surface area contributed by atoms with Gasteiger partial charge in [-0.1, -0.05) is 32.0 Å². The van der Waals surface area contributed by atoms with E-state index in [4.69, 9.17) is 9.26 Å². The number of nitrogens with zero attached hydrogens (tertiary/aromatic N) is 1. The summed E-state index contributed by atoms with van der Waals surface area (Å²) >= 11 is 1.42. The van der Waals surface area contributed by atoms with E-state index in [9.17, 15) is 9.59 Å². The van der Waals surface area contributed by atoms with Crippen LogP contribution < -0.4 is 5.32 Å². The predicted octanol–water partition coefficient (Wildman–Crippen LogP) is 3.73. The van der Waals surface area contributed by atoms with E-state index in [2.05, 4.69) is 22.6 Å². The number of ether oxygens (including phenoxy) is 1. The lowest BCUT2D eigenvalue weighted by atomic mass is 9.92. The Morgan fingerprint density at radius 2 is 2.00 bits per heavy atom. The van der Waals surface area contributed by atoms with Crippen molar-refractivity contribution in [3.63, 3.8) is 0 Å². The van der Waals surface area contributed by atoms with Crippen LogP contribution in [0.3, 0.4) is 0 Å². The summed E-state index contributed by atoms with van der Waals surface area (Å²) in [5, 5.41) is 6.46. The van der Waals surface area contributed by atoms with Crippen LogP contribution in [0, 0.1) is 0 Å². The Morgan fingerprint density at radius 3 is 2.74 bits per heavy atom. The van der Waals surface area contributed by atoms with Crippen molar-refractivity contribution in [2.24, 2.45) is 0 Å². The molecule has 0 saturated carbocycles. The van der Waals surface area contributed by atoms with Crippen molar-refractivity contribution < 1.29 is 18.8 Å². The van der Waals surface area contributed by atoms with Crippen molar-refractivity contribution >= 4 is 29.5 Å². The highest BCUT2D eigenvalue weighted by atomic mass is 32.2. The molecule has 1 amide bonds. The summed E-state index contributed by atoms with van der Waals surface area (Å²) in [5.74, 6) is -0.470. The van der Waals surface area contributed by atoms with Crippen LogP contribution >= 0.6 is 11.8 Å². The molecule has 0 saturated heterocycles. The fourth-order valence-electron chi connectivity index (χ4n) is 2.83. The third-order valence-electron chi connectivity index (χ3n) is 4.33. The van der Waals surface area contributed by atoms with Gasteiger partial charge < -0.3 is 9.26 Å². The number of amides is 1. The monoisotopic (exact) mass is 388 g/mol. The number of aryl methyl sites for hydroxylation is 2. The van der Waals surface area contributed by atoms with Gasteiger partial charge in [-0.25, -0.2) is 0 Å². The zero-order valence-electron chi connectivity index (χ0n) is 15.8. The summed E-state index contributed by atoms with van der Waals surface area (Å²) in [6.45, 7) is 5.64. The Morgan fingerprint density at radius 1 is 1.22 bits per heavy atom. The van der Waals surface area contributed by atoms with Gasteiger partial charge in [-0.15, -0.1) is 11.8 Å². The van der Waals surface area contributed by atoms with Crippen LogP contribution in [0.1, 0.15) is 44.0 Å². The zero-order valence-corrected chi connectivity index (χ0v) is 16.6. The molecule has 2 aromatic rings. The van der Waals surface area contributed by atoms with Gasteiger partial charge in [0.25, 0.3) is 5.91 Å². The third-order valence-corrected chi connectivity index (χ3v) is 5.30. The molecule has 1 aliphatic carbocycles. The van der Waals surface area contributed by atoms with E-state index in [0.29, 0.717) is 0 Å². The molecular weight excluding hydrogens is 364 g/mol. The summed E-state index contributed by atoms with van der Waals surface area (Å²) in [7, 11) is 0. The number of carbonyl (C=O) groups excluding carboxylic acids is 2. The van der Waals surface area contributed by atoms with Crippen molar-refractivity contribution in [2.45, 2.75) is 50.3 Å². The number of benzene rings is 1. The fourth-order valence-corrected chi connectivity index (χ4v) is 3.59. The average Bonchev–Trinajstić information content (AvgIpc) is 3.26. The molecule has 1 aromatic carbocycles. The first-order valence-electron chi connectivity index (χ1n) is 8.98. The second kappa shape index (κ2) is 8.17. The first-order valence-corrected chi connectivity index (χ1v) is 9.97. The fraction of sp³-hybridized carbons (Fsp3) is 0.450. The van der Waals surface area contributed by atoms with E-state index < -0.39 is 11.9 Å². The molecule has 144 valence electrons. The molecule has 1 aliphatic rings. The van der Waals surface area contributed by atoms with Crippen molar-refractivity contribution in [3.8, 4) is 0 Å². The van der Waals surface area contributed by atoms with Gasteiger partial charge in [-0.3, -0.25) is 14.9 Å². The molecule has 1 N–H and O–H groups in total. The summed E-state index contributed by atoms with van der Waals surface area (Å²) in [4.78, 5) is 24.8. The van der Waals surface area contributed by atoms with Gasteiger partial charge in [0.2, 0.25) is 5.88 Å². The number of hydrogen-bond donors (Lipinski definition) is 1. The quantitative estimate of drug-likeness (QED) is 0.600. The normalized spacial score (nSPS) is 13.3. The Kier molecular flexibility index (Phi) is 5.89. The Balaban J connectivity index is 1.41. The molecule has 0 spiro atoms. The molecule has 0 unspecified atom stereocenters. The van der Waals surface area contributed by atoms with Gasteiger partial charge in [0, 0.05) is 16.4 Å². The molecule has 0 radical (unpaired) electrons. The highest BCUT2D eigenvalue weighted by Gasteiger charge is 2.20. The molecule has 6 nitrogen and oxygen atoms in total. The van der Waals surface area contributed by atoms with Crippen LogP contribution in [0.5, 0.6) is 0 Å². The zero-order chi connectivity index (χ0) is 19.4. The van der Waals surface area contributed by atoms with Crippen LogP contribution in [-0.2, 0) is 32.6 Å². The minimum atomic E-state index is -0.456. The van der Waals surface area contributed by atoms with E-state index in [1.54, 1.807) is 6.07 Å². The number of anilines is 1. The maximum Gasteiger partial charge on any atom is 0.316 e. The Bertz CT molecular complexity index is 839. The lowest BCUT2D eigenvalue weighted by Gasteiger charge is -2.12. The number of hydrogen-bond acceptors (Lipinski definition) is 6. The highest BCUT2D eigenvalue weighted by Crippen LogP contribution is 2.27. The summed E-state index contributed by atoms with van der Waals surface area (Å²) in [6, 6.07) is 7.98. The standard InChI is InChI=1S/C20H24N2O4S/c1-20(2,3)16-10-18(26-22-16)21-17(23)11-25-19(24)12-27-15-8-7-13-5-4-6-14(13)9-15/h7-10H,4-6,11-12H2,1-3H3,(H,21,23). The van der Waals surface area contributed by atoms with Crippen molar-refractivity contribution in [2.75, 3.05) is 17.7 Å². The number of nitrogens with one attached hydrogen (secondary N) is 1. The molecule has 0 atom stereocenters. The number of aromatic nitrogens is 1. The molecule has 0 bridgehead atoms. The molecule has 1 aromatic heterocycles. The minimum Gasteiger partial charge on any atom is -0.455 e. The van der Waals surface area contributed by atoms with Crippen LogP contribution in [0.25, 0.3) is 0 Å². The van der Waals surface area contributed by atoms with Crippen LogP contribution in [0.4, 0.5) is 5.88 Å². The molecule has 0 aliphatic heterocycles. The van der Waals surface area contributed by atoms with E-state index >= 15 is 0 Å². The smallest absolute Gasteiger partial charge is 0.316 e. The number of carbonyl (C=O) groups is 2. The van der Waals surface area contributed by atoms with E-state index in [1.807, 2.05) is 26.8 Å². The van der Waals surface area contributed by atoms with Crippen molar-refractivity contribution in [1.82, 2.24) is 5.16 Å². The second-order valence-electron chi connectivity index (χ2n) is 7.61. The third kappa shape index (κ3) is 5.35. The topological polar surface area (TPSA) is 81.4 Å². The van der Waals surface area contributed by atoms with Crippen LogP contribution in [0.2, 0.25) is 0 Å². The maximum absolute atomic E-state index is 11.9. The van der Waals surface area contributed by atoms with Crippen molar-refractivity contribution in [3.05, 3.63) is 41.1 Å². The molecule has 1 heterocycles. The maximum atomic E-state index is 11.9. The highest BCUT2D eigenvalue weighted by molar-refractivity contribution is 8.00. The van der Waals surface area contributed by atoms with E-state index in [-0.39, 0.29) is 23.7 Å². The van der Waals surface area contributed by atoms with Gasteiger partial charge in [0.1, 0.15) is 0 Å². The predicted molar refractivity (Wildman–Crippen MR) is 104 cm³/mol. The average molecular weight is 388 g/mol. The van der Waals surface area contributed by atoms with E-state index in [1.165, 1.54) is 29.3 Å². The summed E-state index contributed by atoms with van der Waals surface area (Å²) < 4.78 is 10.1. The summed E-state index contributed by atoms with van der Waals surface area (Å²) in [6.07, 6.45) is 3.44. The molecular formula is C20H24N2O4S. The van der Waals surface area contributed by atoms with Crippen LogP contribution in [0.15, 0.2) is 33.7 Å². The number of esters is 1.